The minimum Gasteiger partial charge on any atom is -0.399 e. The van der Waals surface area contributed by atoms with Crippen molar-refractivity contribution in [1.29, 1.82) is 0 Å². The maximum atomic E-state index is 13.6. The van der Waals surface area contributed by atoms with Crippen LogP contribution in [0.25, 0.3) is 0 Å². The Morgan fingerprint density at radius 3 is 2.65 bits per heavy atom. The van der Waals surface area contributed by atoms with Crippen LogP contribution in [0.5, 0.6) is 0 Å². The van der Waals surface area contributed by atoms with Gasteiger partial charge in [0.25, 0.3) is 5.69 Å². The predicted octanol–water partition coefficient (Wildman–Crippen LogP) is 2.62. The number of nitro benzene ring substituents is 1. The van der Waals surface area contributed by atoms with E-state index >= 15 is 0 Å². The first kappa shape index (κ1) is 14.1. The third kappa shape index (κ3) is 3.18. The zero-order chi connectivity index (χ0) is 14.7. The zero-order valence-corrected chi connectivity index (χ0v) is 11.1. The van der Waals surface area contributed by atoms with E-state index in [1.54, 1.807) is 6.07 Å². The molecule has 0 radical (unpaired) electrons. The summed E-state index contributed by atoms with van der Waals surface area (Å²) in [4.78, 5) is 10.2. The van der Waals surface area contributed by atoms with Gasteiger partial charge in [0, 0.05) is 17.8 Å². The molecule has 0 aromatic heterocycles. The number of nitro groups is 1. The lowest BCUT2D eigenvalue weighted by Gasteiger charge is -2.05. The lowest BCUT2D eigenvalue weighted by molar-refractivity contribution is -0.384. The summed E-state index contributed by atoms with van der Waals surface area (Å²) in [6.45, 7) is 0. The highest BCUT2D eigenvalue weighted by Gasteiger charge is 2.13. The fourth-order valence-electron chi connectivity index (χ4n) is 1.69. The molecule has 0 bridgehead atoms. The Balaban J connectivity index is 2.23. The second kappa shape index (κ2) is 5.79. The maximum Gasteiger partial charge on any atom is 0.269 e. The number of hydrogen-bond donors (Lipinski definition) is 1. The smallest absolute Gasteiger partial charge is 0.269 e. The summed E-state index contributed by atoms with van der Waals surface area (Å²) in [6.07, 6.45) is 0. The molecule has 2 aromatic rings. The van der Waals surface area contributed by atoms with Crippen molar-refractivity contribution in [2.24, 2.45) is 0 Å². The van der Waals surface area contributed by atoms with Crippen LogP contribution in [-0.2, 0) is 16.6 Å². The van der Waals surface area contributed by atoms with Crippen molar-refractivity contribution in [3.05, 3.63) is 64.0 Å². The molecule has 2 N–H and O–H groups in total. The van der Waals surface area contributed by atoms with Gasteiger partial charge in [-0.15, -0.1) is 0 Å². The Hall–Kier alpha value is -2.28. The van der Waals surface area contributed by atoms with Crippen LogP contribution in [0.2, 0.25) is 0 Å². The summed E-state index contributed by atoms with van der Waals surface area (Å²) in [6, 6.07) is 9.70. The first-order chi connectivity index (χ1) is 9.47. The summed E-state index contributed by atoms with van der Waals surface area (Å²) >= 11 is 0. The number of hydrogen-bond acceptors (Lipinski definition) is 4. The topological polar surface area (TPSA) is 86.2 Å². The fraction of sp³-hybridized carbons (Fsp3) is 0.0769. The Bertz CT molecular complexity index is 691. The molecule has 0 aliphatic carbocycles. The van der Waals surface area contributed by atoms with Crippen LogP contribution >= 0.6 is 0 Å². The molecule has 0 spiro atoms. The van der Waals surface area contributed by atoms with Crippen molar-refractivity contribution in [2.45, 2.75) is 10.6 Å². The third-order valence-corrected chi connectivity index (χ3v) is 4.04. The van der Waals surface area contributed by atoms with Crippen molar-refractivity contribution >= 4 is 22.2 Å². The molecule has 0 aliphatic heterocycles. The summed E-state index contributed by atoms with van der Waals surface area (Å²) in [7, 11) is -1.63. The minimum atomic E-state index is -1.63. The van der Waals surface area contributed by atoms with E-state index in [2.05, 4.69) is 0 Å². The number of nitrogen functional groups attached to an aromatic ring is 1. The van der Waals surface area contributed by atoms with Crippen LogP contribution in [0.4, 0.5) is 15.8 Å². The van der Waals surface area contributed by atoms with Gasteiger partial charge in [-0.1, -0.05) is 12.1 Å². The van der Waals surface area contributed by atoms with Crippen molar-refractivity contribution < 1.29 is 13.5 Å². The highest BCUT2D eigenvalue weighted by atomic mass is 32.2. The van der Waals surface area contributed by atoms with E-state index in [-0.39, 0.29) is 22.0 Å². The average molecular weight is 294 g/mol. The number of nitrogens with zero attached hydrogens (tertiary/aromatic N) is 1. The van der Waals surface area contributed by atoms with Crippen molar-refractivity contribution in [1.82, 2.24) is 0 Å². The predicted molar refractivity (Wildman–Crippen MR) is 74.0 cm³/mol. The largest absolute Gasteiger partial charge is 0.399 e. The van der Waals surface area contributed by atoms with Crippen LogP contribution in [0.15, 0.2) is 47.4 Å². The summed E-state index contributed by atoms with van der Waals surface area (Å²) in [5, 5.41) is 10.7. The van der Waals surface area contributed by atoms with Crippen molar-refractivity contribution in [3.8, 4) is 0 Å². The zero-order valence-electron chi connectivity index (χ0n) is 10.3. The number of nitrogens with two attached hydrogens (primary N) is 1. The molecule has 0 heterocycles. The molecule has 0 fully saturated rings. The Morgan fingerprint density at radius 2 is 2.00 bits per heavy atom. The van der Waals surface area contributed by atoms with E-state index in [0.29, 0.717) is 5.56 Å². The van der Waals surface area contributed by atoms with Gasteiger partial charge in [0.2, 0.25) is 0 Å². The lowest BCUT2D eigenvalue weighted by atomic mass is 10.2. The van der Waals surface area contributed by atoms with Gasteiger partial charge in [0.05, 0.1) is 26.4 Å². The van der Waals surface area contributed by atoms with Crippen LogP contribution < -0.4 is 5.73 Å². The number of rotatable bonds is 4. The van der Waals surface area contributed by atoms with E-state index in [1.165, 1.54) is 30.3 Å². The highest BCUT2D eigenvalue weighted by Crippen LogP contribution is 2.20. The molecule has 0 saturated heterocycles. The van der Waals surface area contributed by atoms with E-state index in [9.17, 15) is 18.7 Å². The third-order valence-electron chi connectivity index (χ3n) is 2.62. The Kier molecular flexibility index (Phi) is 4.09. The number of non-ortho nitro benzene ring substituents is 1. The minimum absolute atomic E-state index is 0.00250. The van der Waals surface area contributed by atoms with Gasteiger partial charge in [-0.2, -0.15) is 0 Å². The van der Waals surface area contributed by atoms with E-state index < -0.39 is 21.5 Å². The molecular weight excluding hydrogens is 283 g/mol. The number of halogens is 1. The Morgan fingerprint density at radius 1 is 1.25 bits per heavy atom. The van der Waals surface area contributed by atoms with Crippen LogP contribution in [0, 0.1) is 15.9 Å². The number of anilines is 1. The van der Waals surface area contributed by atoms with Gasteiger partial charge in [0.1, 0.15) is 5.82 Å². The van der Waals surface area contributed by atoms with E-state index in [1.807, 2.05) is 0 Å². The molecule has 104 valence electrons. The molecule has 2 aromatic carbocycles. The van der Waals surface area contributed by atoms with Gasteiger partial charge in [-0.3, -0.25) is 14.3 Å². The molecule has 1 atom stereocenters. The van der Waals surface area contributed by atoms with Crippen LogP contribution in [-0.4, -0.2) is 9.13 Å². The summed E-state index contributed by atoms with van der Waals surface area (Å²) in [5.41, 5.74) is 6.09. The van der Waals surface area contributed by atoms with Crippen LogP contribution in [0.1, 0.15) is 5.56 Å². The number of benzene rings is 2. The van der Waals surface area contributed by atoms with Gasteiger partial charge in [-0.25, -0.2) is 4.39 Å². The van der Waals surface area contributed by atoms with Gasteiger partial charge in [0.15, 0.2) is 0 Å². The molecule has 0 amide bonds. The molecule has 1 unspecified atom stereocenters. The first-order valence-electron chi connectivity index (χ1n) is 5.64. The van der Waals surface area contributed by atoms with E-state index in [4.69, 9.17) is 5.73 Å². The molecule has 5 nitrogen and oxygen atoms in total. The summed E-state index contributed by atoms with van der Waals surface area (Å²) < 4.78 is 25.7. The summed E-state index contributed by atoms with van der Waals surface area (Å²) in [5.74, 6) is -0.642. The van der Waals surface area contributed by atoms with Gasteiger partial charge < -0.3 is 5.73 Å². The first-order valence-corrected chi connectivity index (χ1v) is 6.96. The molecule has 7 heteroatoms. The van der Waals surface area contributed by atoms with Crippen molar-refractivity contribution in [2.75, 3.05) is 5.73 Å². The van der Waals surface area contributed by atoms with Gasteiger partial charge >= 0.3 is 0 Å². The molecule has 0 saturated carbocycles. The molecule has 2 rings (SSSR count). The second-order valence-corrected chi connectivity index (χ2v) is 5.53. The van der Waals surface area contributed by atoms with Crippen LogP contribution in [0.3, 0.4) is 0 Å². The van der Waals surface area contributed by atoms with Gasteiger partial charge in [-0.05, 0) is 23.8 Å². The lowest BCUT2D eigenvalue weighted by Crippen LogP contribution is -2.01. The average Bonchev–Trinajstić information content (AvgIpc) is 2.38. The SMILES string of the molecule is Nc1ccc(S(=O)Cc2cccc([N+](=O)[O-])c2)c(F)c1. The quantitative estimate of drug-likeness (QED) is 0.533. The highest BCUT2D eigenvalue weighted by molar-refractivity contribution is 7.84. The molecule has 20 heavy (non-hydrogen) atoms. The fourth-order valence-corrected chi connectivity index (χ4v) is 2.82. The molecular formula is C13H11FN2O3S. The monoisotopic (exact) mass is 294 g/mol. The maximum absolute atomic E-state index is 13.6. The van der Waals surface area contributed by atoms with Crippen molar-refractivity contribution in [3.63, 3.8) is 0 Å². The van der Waals surface area contributed by atoms with E-state index in [0.717, 1.165) is 6.07 Å². The normalized spacial score (nSPS) is 12.1. The Labute approximate surface area is 116 Å². The standard InChI is InChI=1S/C13H11FN2O3S/c14-12-7-10(15)4-5-13(12)20(19)8-9-2-1-3-11(6-9)16(17)18/h1-7H,8,15H2. The molecule has 0 aliphatic rings. The second-order valence-electron chi connectivity index (χ2n) is 4.11.